The minimum absolute atomic E-state index is 0.281. The van der Waals surface area contributed by atoms with Crippen molar-refractivity contribution >= 4 is 17.7 Å². The standard InChI is InChI=1S/C28H48O4S/c1-2-3-4-5-6-7-8-9-10-11-12-13-14-15-16-19-22-32-23-25(29)24-33-27-21-18-17-20-26(27)28(30)31/h17-18,20-21,25,29H,2-16,19,22-24H2,1H3,(H,30,31). The SMILES string of the molecule is CCCCCCCCCCCCCCCCCCOCC(O)CSc1ccccc1C(=O)O. The molecule has 2 N–H and O–H groups in total. The normalized spacial score (nSPS) is 12.2. The molecule has 190 valence electrons. The van der Waals surface area contributed by atoms with Crippen molar-refractivity contribution in [2.45, 2.75) is 121 Å². The highest BCUT2D eigenvalue weighted by Gasteiger charge is 2.12. The molecule has 5 heteroatoms. The zero-order valence-corrected chi connectivity index (χ0v) is 21.8. The quantitative estimate of drug-likeness (QED) is 0.122. The van der Waals surface area contributed by atoms with Crippen LogP contribution in [0.15, 0.2) is 29.2 Å². The topological polar surface area (TPSA) is 66.8 Å². The molecule has 1 aromatic rings. The van der Waals surface area contributed by atoms with Crippen LogP contribution in [0.4, 0.5) is 0 Å². The van der Waals surface area contributed by atoms with Gasteiger partial charge in [-0.05, 0) is 18.6 Å². The summed E-state index contributed by atoms with van der Waals surface area (Å²) in [6.45, 7) is 3.27. The van der Waals surface area contributed by atoms with E-state index in [0.29, 0.717) is 23.9 Å². The molecule has 0 heterocycles. The highest BCUT2D eigenvalue weighted by Crippen LogP contribution is 2.23. The highest BCUT2D eigenvalue weighted by atomic mass is 32.2. The lowest BCUT2D eigenvalue weighted by molar-refractivity contribution is 0.0467. The first kappa shape index (κ1) is 30.0. The van der Waals surface area contributed by atoms with Gasteiger partial charge in [0.05, 0.1) is 18.3 Å². The number of hydrogen-bond acceptors (Lipinski definition) is 4. The van der Waals surface area contributed by atoms with Gasteiger partial charge in [0, 0.05) is 17.3 Å². The molecule has 0 aliphatic rings. The number of unbranched alkanes of at least 4 members (excludes halogenated alkanes) is 15. The van der Waals surface area contributed by atoms with E-state index in [4.69, 9.17) is 4.74 Å². The lowest BCUT2D eigenvalue weighted by atomic mass is 10.0. The van der Waals surface area contributed by atoms with E-state index >= 15 is 0 Å². The molecule has 0 amide bonds. The molecular formula is C28H48O4S. The first-order chi connectivity index (χ1) is 16.1. The Morgan fingerprint density at radius 2 is 1.30 bits per heavy atom. The van der Waals surface area contributed by atoms with Crippen LogP contribution in [0.5, 0.6) is 0 Å². The lowest BCUT2D eigenvalue weighted by Gasteiger charge is -2.12. The van der Waals surface area contributed by atoms with Crippen LogP contribution in [0.1, 0.15) is 120 Å². The van der Waals surface area contributed by atoms with E-state index in [0.717, 1.165) is 6.42 Å². The third kappa shape index (κ3) is 17.1. The number of carboxylic acid groups (broad SMARTS) is 1. The van der Waals surface area contributed by atoms with Gasteiger partial charge in [-0.1, -0.05) is 115 Å². The fourth-order valence-corrected chi connectivity index (χ4v) is 4.93. The number of aliphatic hydroxyl groups excluding tert-OH is 1. The van der Waals surface area contributed by atoms with E-state index in [1.54, 1.807) is 18.2 Å². The summed E-state index contributed by atoms with van der Waals surface area (Å²) in [5.74, 6) is -0.504. The van der Waals surface area contributed by atoms with E-state index < -0.39 is 12.1 Å². The van der Waals surface area contributed by atoms with Gasteiger partial charge >= 0.3 is 5.97 Å². The van der Waals surface area contributed by atoms with Crippen LogP contribution in [-0.4, -0.2) is 41.3 Å². The zero-order chi connectivity index (χ0) is 24.0. The van der Waals surface area contributed by atoms with Crippen LogP contribution in [0.25, 0.3) is 0 Å². The maximum atomic E-state index is 11.2. The second-order valence-electron chi connectivity index (χ2n) is 9.14. The Morgan fingerprint density at radius 3 is 1.82 bits per heavy atom. The molecule has 0 fully saturated rings. The molecule has 1 atom stereocenters. The maximum absolute atomic E-state index is 11.2. The Hall–Kier alpha value is -1.04. The Balaban J connectivity index is 1.84. The minimum Gasteiger partial charge on any atom is -0.478 e. The molecule has 33 heavy (non-hydrogen) atoms. The smallest absolute Gasteiger partial charge is 0.336 e. The van der Waals surface area contributed by atoms with Gasteiger partial charge in [-0.3, -0.25) is 0 Å². The van der Waals surface area contributed by atoms with Crippen LogP contribution < -0.4 is 0 Å². The molecule has 0 radical (unpaired) electrons. The van der Waals surface area contributed by atoms with Crippen molar-refractivity contribution < 1.29 is 19.7 Å². The molecule has 0 bridgehead atoms. The number of aromatic carboxylic acids is 1. The summed E-state index contributed by atoms with van der Waals surface area (Å²) in [6, 6.07) is 6.89. The van der Waals surface area contributed by atoms with Gasteiger partial charge in [0.15, 0.2) is 0 Å². The summed E-state index contributed by atoms with van der Waals surface area (Å²) in [7, 11) is 0. The number of benzene rings is 1. The van der Waals surface area contributed by atoms with E-state index in [1.165, 1.54) is 108 Å². The molecule has 1 rings (SSSR count). The second kappa shape index (κ2) is 21.5. The molecular weight excluding hydrogens is 432 g/mol. The summed E-state index contributed by atoms with van der Waals surface area (Å²) in [5, 5.41) is 19.3. The number of carboxylic acids is 1. The van der Waals surface area contributed by atoms with Crippen LogP contribution in [0.3, 0.4) is 0 Å². The van der Waals surface area contributed by atoms with Gasteiger partial charge in [0.25, 0.3) is 0 Å². The predicted octanol–water partition coefficient (Wildman–Crippen LogP) is 8.12. The van der Waals surface area contributed by atoms with Crippen molar-refractivity contribution in [3.8, 4) is 0 Å². The third-order valence-electron chi connectivity index (χ3n) is 6.00. The number of thioether (sulfide) groups is 1. The fraction of sp³-hybridized carbons (Fsp3) is 0.750. The molecule has 1 aromatic carbocycles. The average Bonchev–Trinajstić information content (AvgIpc) is 2.82. The van der Waals surface area contributed by atoms with Gasteiger partial charge in [0.1, 0.15) is 0 Å². The summed E-state index contributed by atoms with van der Waals surface area (Å²) in [5.41, 5.74) is 0.281. The lowest BCUT2D eigenvalue weighted by Crippen LogP contribution is -2.18. The summed E-state index contributed by atoms with van der Waals surface area (Å²) in [4.78, 5) is 11.9. The minimum atomic E-state index is -0.938. The van der Waals surface area contributed by atoms with E-state index in [1.807, 2.05) is 6.07 Å². The molecule has 1 unspecified atom stereocenters. The number of carbonyl (C=O) groups is 1. The van der Waals surface area contributed by atoms with Gasteiger partial charge in [-0.15, -0.1) is 11.8 Å². The highest BCUT2D eigenvalue weighted by molar-refractivity contribution is 7.99. The van der Waals surface area contributed by atoms with Crippen LogP contribution in [-0.2, 0) is 4.74 Å². The van der Waals surface area contributed by atoms with Gasteiger partial charge in [-0.25, -0.2) is 4.79 Å². The summed E-state index contributed by atoms with van der Waals surface area (Å²) in [6.07, 6.45) is 21.1. The van der Waals surface area contributed by atoms with Crippen molar-refractivity contribution in [1.82, 2.24) is 0 Å². The monoisotopic (exact) mass is 480 g/mol. The van der Waals surface area contributed by atoms with Crippen molar-refractivity contribution in [2.75, 3.05) is 19.0 Å². The molecule has 0 saturated heterocycles. The van der Waals surface area contributed by atoms with Gasteiger partial charge in [-0.2, -0.15) is 0 Å². The first-order valence-corrected chi connectivity index (χ1v) is 14.3. The molecule has 0 aliphatic carbocycles. The Labute approximate surface area is 206 Å². The Kier molecular flexibility index (Phi) is 19.5. The van der Waals surface area contributed by atoms with Crippen molar-refractivity contribution in [3.05, 3.63) is 29.8 Å². The molecule has 0 aliphatic heterocycles. The number of hydrogen-bond donors (Lipinski definition) is 2. The Morgan fingerprint density at radius 1 is 0.818 bits per heavy atom. The third-order valence-corrected chi connectivity index (χ3v) is 7.22. The van der Waals surface area contributed by atoms with Crippen LogP contribution >= 0.6 is 11.8 Å². The van der Waals surface area contributed by atoms with E-state index in [2.05, 4.69) is 6.92 Å². The van der Waals surface area contributed by atoms with E-state index in [-0.39, 0.29) is 5.56 Å². The molecule has 0 saturated carbocycles. The number of ether oxygens (including phenoxy) is 1. The second-order valence-corrected chi connectivity index (χ2v) is 10.2. The van der Waals surface area contributed by atoms with E-state index in [9.17, 15) is 15.0 Å². The largest absolute Gasteiger partial charge is 0.478 e. The molecule has 4 nitrogen and oxygen atoms in total. The summed E-state index contributed by atoms with van der Waals surface area (Å²) < 4.78 is 5.60. The fourth-order valence-electron chi connectivity index (χ4n) is 3.97. The average molecular weight is 481 g/mol. The summed E-state index contributed by atoms with van der Waals surface area (Å²) >= 11 is 1.36. The predicted molar refractivity (Wildman–Crippen MR) is 140 cm³/mol. The van der Waals surface area contributed by atoms with Crippen molar-refractivity contribution in [2.24, 2.45) is 0 Å². The van der Waals surface area contributed by atoms with Gasteiger partial charge in [0.2, 0.25) is 0 Å². The van der Waals surface area contributed by atoms with Crippen molar-refractivity contribution in [3.63, 3.8) is 0 Å². The number of rotatable bonds is 23. The van der Waals surface area contributed by atoms with Crippen LogP contribution in [0.2, 0.25) is 0 Å². The van der Waals surface area contributed by atoms with Crippen LogP contribution in [0, 0.1) is 0 Å². The first-order valence-electron chi connectivity index (χ1n) is 13.4. The van der Waals surface area contributed by atoms with Crippen molar-refractivity contribution in [1.29, 1.82) is 0 Å². The molecule has 0 aromatic heterocycles. The Bertz CT molecular complexity index is 593. The zero-order valence-electron chi connectivity index (χ0n) is 20.9. The van der Waals surface area contributed by atoms with Gasteiger partial charge < -0.3 is 14.9 Å². The maximum Gasteiger partial charge on any atom is 0.336 e. The number of aliphatic hydroxyl groups is 1. The molecule has 0 spiro atoms.